The SMILES string of the molecule is CCCC[C@H](C)[C@H]1CC(=O)N[C@H](Cc2c[nH]c3ccccc23)C(=O)N[C@@H](C)C(=O)N[C@H](CC(C)C)C(=O)O1. The van der Waals surface area contributed by atoms with E-state index in [1.807, 2.05) is 51.2 Å². The summed E-state index contributed by atoms with van der Waals surface area (Å²) in [6.07, 6.45) is 4.43. The van der Waals surface area contributed by atoms with Crippen molar-refractivity contribution in [3.63, 3.8) is 0 Å². The van der Waals surface area contributed by atoms with Gasteiger partial charge in [0, 0.05) is 23.5 Å². The van der Waals surface area contributed by atoms with Crippen LogP contribution < -0.4 is 16.0 Å². The zero-order chi connectivity index (χ0) is 27.8. The number of nitrogens with one attached hydrogen (secondary N) is 4. The molecule has 0 unspecified atom stereocenters. The summed E-state index contributed by atoms with van der Waals surface area (Å²) in [4.78, 5) is 56.0. The summed E-state index contributed by atoms with van der Waals surface area (Å²) >= 11 is 0. The number of unbranched alkanes of at least 4 members (excludes halogenated alkanes) is 1. The van der Waals surface area contributed by atoms with E-state index in [9.17, 15) is 19.2 Å². The van der Waals surface area contributed by atoms with Crippen molar-refractivity contribution in [3.05, 3.63) is 36.0 Å². The van der Waals surface area contributed by atoms with Gasteiger partial charge >= 0.3 is 5.97 Å². The van der Waals surface area contributed by atoms with Crippen LogP contribution in [0.2, 0.25) is 0 Å². The highest BCUT2D eigenvalue weighted by Crippen LogP contribution is 2.22. The van der Waals surface area contributed by atoms with E-state index in [0.29, 0.717) is 6.42 Å². The summed E-state index contributed by atoms with van der Waals surface area (Å²) in [7, 11) is 0. The number of esters is 1. The summed E-state index contributed by atoms with van der Waals surface area (Å²) in [5, 5.41) is 9.30. The smallest absolute Gasteiger partial charge is 0.328 e. The molecule has 9 nitrogen and oxygen atoms in total. The van der Waals surface area contributed by atoms with Crippen molar-refractivity contribution in [2.75, 3.05) is 0 Å². The van der Waals surface area contributed by atoms with Crippen LogP contribution in [0.25, 0.3) is 10.9 Å². The van der Waals surface area contributed by atoms with Crippen LogP contribution in [0.15, 0.2) is 30.5 Å². The Morgan fingerprint density at radius 3 is 2.42 bits per heavy atom. The van der Waals surface area contributed by atoms with Gasteiger partial charge in [0.25, 0.3) is 0 Å². The molecule has 1 aliphatic rings. The number of carbonyl (C=O) groups excluding carboxylic acids is 4. The van der Waals surface area contributed by atoms with Gasteiger partial charge in [-0.25, -0.2) is 4.79 Å². The summed E-state index contributed by atoms with van der Waals surface area (Å²) in [6, 6.07) is 5.05. The zero-order valence-corrected chi connectivity index (χ0v) is 23.1. The van der Waals surface area contributed by atoms with Gasteiger partial charge in [-0.3, -0.25) is 14.4 Å². The van der Waals surface area contributed by atoms with E-state index in [1.54, 1.807) is 6.92 Å². The lowest BCUT2D eigenvalue weighted by Crippen LogP contribution is -2.55. The van der Waals surface area contributed by atoms with Gasteiger partial charge < -0.3 is 25.7 Å². The number of aromatic nitrogens is 1. The predicted octanol–water partition coefficient (Wildman–Crippen LogP) is 3.37. The Balaban J connectivity index is 1.91. The van der Waals surface area contributed by atoms with E-state index < -0.39 is 42.0 Å². The van der Waals surface area contributed by atoms with Gasteiger partial charge in [-0.2, -0.15) is 0 Å². The number of carbonyl (C=O) groups is 4. The van der Waals surface area contributed by atoms with Crippen molar-refractivity contribution in [2.45, 2.75) is 97.4 Å². The van der Waals surface area contributed by atoms with Crippen LogP contribution in [0.4, 0.5) is 0 Å². The third-order valence-electron chi connectivity index (χ3n) is 7.11. The fourth-order valence-corrected chi connectivity index (χ4v) is 4.83. The Labute approximate surface area is 224 Å². The quantitative estimate of drug-likeness (QED) is 0.392. The number of benzene rings is 1. The van der Waals surface area contributed by atoms with Crippen LogP contribution in [-0.2, 0) is 30.3 Å². The van der Waals surface area contributed by atoms with E-state index in [-0.39, 0.29) is 30.6 Å². The average molecular weight is 527 g/mol. The summed E-state index contributed by atoms with van der Waals surface area (Å²) in [6.45, 7) is 9.52. The minimum absolute atomic E-state index is 0.0633. The van der Waals surface area contributed by atoms with Gasteiger partial charge in [-0.1, -0.05) is 58.7 Å². The van der Waals surface area contributed by atoms with Gasteiger partial charge in [0.1, 0.15) is 24.2 Å². The fraction of sp³-hybridized carbons (Fsp3) is 0.586. The van der Waals surface area contributed by atoms with Gasteiger partial charge in [-0.05, 0) is 43.2 Å². The molecule has 0 spiro atoms. The molecule has 3 rings (SSSR count). The Kier molecular flexibility index (Phi) is 10.3. The molecule has 1 aromatic carbocycles. The van der Waals surface area contributed by atoms with Crippen molar-refractivity contribution in [1.29, 1.82) is 0 Å². The zero-order valence-electron chi connectivity index (χ0n) is 23.1. The maximum atomic E-state index is 13.3. The predicted molar refractivity (Wildman–Crippen MR) is 146 cm³/mol. The van der Waals surface area contributed by atoms with Gasteiger partial charge in [-0.15, -0.1) is 0 Å². The number of para-hydroxylation sites is 1. The molecule has 2 aromatic rings. The topological polar surface area (TPSA) is 129 Å². The lowest BCUT2D eigenvalue weighted by Gasteiger charge is -2.27. The van der Waals surface area contributed by atoms with Crippen molar-refractivity contribution in [1.82, 2.24) is 20.9 Å². The van der Waals surface area contributed by atoms with Crippen molar-refractivity contribution < 1.29 is 23.9 Å². The third-order valence-corrected chi connectivity index (χ3v) is 7.11. The highest BCUT2D eigenvalue weighted by Gasteiger charge is 2.34. The first-order valence-corrected chi connectivity index (χ1v) is 13.7. The lowest BCUT2D eigenvalue weighted by molar-refractivity contribution is -0.157. The Morgan fingerprint density at radius 1 is 0.974 bits per heavy atom. The van der Waals surface area contributed by atoms with Crippen LogP contribution >= 0.6 is 0 Å². The molecule has 208 valence electrons. The standard InChI is InChI=1S/C29H42N4O5/c1-6-7-10-18(4)25-15-26(34)32-23(14-20-16-30-22-12-9-8-11-21(20)22)28(36)31-19(5)27(35)33-24(13-17(2)3)29(37)38-25/h8-9,11-12,16-19,23-25,30H,6-7,10,13-15H2,1-5H3,(H,31,36)(H,32,34)(H,33,35)/t18-,19-,23+,24+,25+/m0/s1. The van der Waals surface area contributed by atoms with E-state index >= 15 is 0 Å². The normalized spacial score (nSPS) is 24.5. The van der Waals surface area contributed by atoms with Crippen LogP contribution in [0.3, 0.4) is 0 Å². The maximum Gasteiger partial charge on any atom is 0.328 e. The van der Waals surface area contributed by atoms with Crippen LogP contribution in [0.1, 0.15) is 72.3 Å². The largest absolute Gasteiger partial charge is 0.460 e. The second-order valence-electron chi connectivity index (χ2n) is 10.9. The van der Waals surface area contributed by atoms with Gasteiger partial charge in [0.2, 0.25) is 17.7 Å². The van der Waals surface area contributed by atoms with Crippen LogP contribution in [-0.4, -0.2) is 52.9 Å². The first-order valence-electron chi connectivity index (χ1n) is 13.7. The van der Waals surface area contributed by atoms with Crippen molar-refractivity contribution in [3.8, 4) is 0 Å². The van der Waals surface area contributed by atoms with E-state index in [2.05, 4.69) is 27.9 Å². The molecule has 0 saturated carbocycles. The number of amides is 3. The molecule has 1 aliphatic heterocycles. The number of hydrogen-bond acceptors (Lipinski definition) is 5. The number of rotatable bonds is 8. The number of aromatic amines is 1. The fourth-order valence-electron chi connectivity index (χ4n) is 4.83. The molecule has 1 aromatic heterocycles. The molecule has 38 heavy (non-hydrogen) atoms. The maximum absolute atomic E-state index is 13.3. The van der Waals surface area contributed by atoms with Crippen molar-refractivity contribution >= 4 is 34.6 Å². The molecule has 4 N–H and O–H groups in total. The summed E-state index contributed by atoms with van der Waals surface area (Å²) in [5.41, 5.74) is 1.80. The first-order chi connectivity index (χ1) is 18.1. The monoisotopic (exact) mass is 526 g/mol. The van der Waals surface area contributed by atoms with E-state index in [4.69, 9.17) is 4.74 Å². The van der Waals surface area contributed by atoms with Crippen LogP contribution in [0, 0.1) is 11.8 Å². The number of H-pyrrole nitrogens is 1. The Morgan fingerprint density at radius 2 is 1.71 bits per heavy atom. The molecule has 1 saturated heterocycles. The van der Waals surface area contributed by atoms with E-state index in [1.165, 1.54) is 0 Å². The average Bonchev–Trinajstić information content (AvgIpc) is 3.27. The Bertz CT molecular complexity index is 1130. The summed E-state index contributed by atoms with van der Waals surface area (Å²) in [5.74, 6) is -1.82. The first kappa shape index (κ1) is 29.2. The van der Waals surface area contributed by atoms with Gasteiger partial charge in [0.15, 0.2) is 0 Å². The molecular formula is C29H42N4O5. The van der Waals surface area contributed by atoms with E-state index in [0.717, 1.165) is 35.7 Å². The second-order valence-corrected chi connectivity index (χ2v) is 10.9. The molecule has 1 fully saturated rings. The molecule has 0 bridgehead atoms. The van der Waals surface area contributed by atoms with Crippen LogP contribution in [0.5, 0.6) is 0 Å². The summed E-state index contributed by atoms with van der Waals surface area (Å²) < 4.78 is 5.89. The minimum atomic E-state index is -0.911. The lowest BCUT2D eigenvalue weighted by atomic mass is 9.95. The highest BCUT2D eigenvalue weighted by molar-refractivity contribution is 5.94. The van der Waals surface area contributed by atoms with Gasteiger partial charge in [0.05, 0.1) is 6.42 Å². The Hall–Kier alpha value is -3.36. The molecule has 9 heteroatoms. The number of fused-ring (bicyclic) bond motifs is 1. The van der Waals surface area contributed by atoms with Crippen molar-refractivity contribution in [2.24, 2.45) is 11.8 Å². The number of ether oxygens (including phenoxy) is 1. The molecular weight excluding hydrogens is 484 g/mol. The third kappa shape index (κ3) is 7.82. The number of hydrogen-bond donors (Lipinski definition) is 4. The molecule has 0 aliphatic carbocycles. The molecule has 3 amide bonds. The molecule has 0 radical (unpaired) electrons. The minimum Gasteiger partial charge on any atom is -0.460 e. The highest BCUT2D eigenvalue weighted by atomic mass is 16.5. The molecule has 2 heterocycles. The second kappa shape index (κ2) is 13.4. The molecule has 5 atom stereocenters. The number of cyclic esters (lactones) is 1.